The summed E-state index contributed by atoms with van der Waals surface area (Å²) in [5.41, 5.74) is 3.55. The van der Waals surface area contributed by atoms with E-state index in [1.54, 1.807) is 6.20 Å². The highest BCUT2D eigenvalue weighted by atomic mass is 35.5. The van der Waals surface area contributed by atoms with Gasteiger partial charge >= 0.3 is 0 Å². The Balaban J connectivity index is 1.58. The maximum Gasteiger partial charge on any atom is 0.244 e. The van der Waals surface area contributed by atoms with E-state index in [1.165, 1.54) is 5.56 Å². The molecular formula is C21H24ClN5. The normalized spacial score (nSPS) is 11.3. The van der Waals surface area contributed by atoms with Crippen LogP contribution in [0.1, 0.15) is 31.9 Å². The first kappa shape index (κ1) is 19.1. The SMILES string of the molecule is CC(C)(C)c1ccc(Nc2cnnc(NCCc3cccc(Cl)c3)n2)cc1. The number of nitrogens with one attached hydrogen (secondary N) is 2. The summed E-state index contributed by atoms with van der Waals surface area (Å²) in [4.78, 5) is 4.47. The van der Waals surface area contributed by atoms with Gasteiger partial charge in [-0.2, -0.15) is 10.1 Å². The number of benzene rings is 2. The summed E-state index contributed by atoms with van der Waals surface area (Å²) < 4.78 is 0. The second-order valence-corrected chi connectivity index (χ2v) is 7.86. The number of hydrogen-bond donors (Lipinski definition) is 2. The average molecular weight is 382 g/mol. The molecule has 0 aliphatic rings. The minimum Gasteiger partial charge on any atom is -0.353 e. The molecule has 0 fully saturated rings. The molecule has 1 heterocycles. The van der Waals surface area contributed by atoms with Gasteiger partial charge in [-0.25, -0.2) is 0 Å². The Hall–Kier alpha value is -2.66. The lowest BCUT2D eigenvalue weighted by molar-refractivity contribution is 0.590. The van der Waals surface area contributed by atoms with Crippen LogP contribution in [-0.2, 0) is 11.8 Å². The number of hydrogen-bond acceptors (Lipinski definition) is 5. The first-order chi connectivity index (χ1) is 12.9. The molecule has 0 aliphatic carbocycles. The van der Waals surface area contributed by atoms with Crippen LogP contribution in [0.4, 0.5) is 17.5 Å². The van der Waals surface area contributed by atoms with Crippen molar-refractivity contribution in [2.45, 2.75) is 32.6 Å². The standard InChI is InChI=1S/C21H24ClN5/c1-21(2,3)16-7-9-18(10-8-16)25-19-14-24-27-20(26-19)23-12-11-15-5-4-6-17(22)13-15/h4-10,13-14H,11-12H2,1-3H3,(H2,23,25,26,27). The Morgan fingerprint density at radius 2 is 1.81 bits per heavy atom. The van der Waals surface area contributed by atoms with Crippen LogP contribution in [0.2, 0.25) is 5.02 Å². The van der Waals surface area contributed by atoms with Crippen molar-refractivity contribution in [3.8, 4) is 0 Å². The molecule has 1 aromatic heterocycles. The zero-order valence-electron chi connectivity index (χ0n) is 15.8. The Morgan fingerprint density at radius 1 is 1.04 bits per heavy atom. The predicted octanol–water partition coefficient (Wildman–Crippen LogP) is 5.22. The molecule has 2 aromatic carbocycles. The van der Waals surface area contributed by atoms with E-state index in [1.807, 2.05) is 24.3 Å². The van der Waals surface area contributed by atoms with Crippen LogP contribution >= 0.6 is 11.6 Å². The van der Waals surface area contributed by atoms with Crippen molar-refractivity contribution in [2.24, 2.45) is 0 Å². The minimum atomic E-state index is 0.134. The molecule has 27 heavy (non-hydrogen) atoms. The highest BCUT2D eigenvalue weighted by molar-refractivity contribution is 6.30. The number of halogens is 1. The van der Waals surface area contributed by atoms with Crippen molar-refractivity contribution >= 4 is 29.1 Å². The van der Waals surface area contributed by atoms with E-state index < -0.39 is 0 Å². The van der Waals surface area contributed by atoms with E-state index in [2.05, 4.69) is 70.9 Å². The topological polar surface area (TPSA) is 62.7 Å². The van der Waals surface area contributed by atoms with Gasteiger partial charge in [0, 0.05) is 17.3 Å². The first-order valence-electron chi connectivity index (χ1n) is 8.96. The van der Waals surface area contributed by atoms with Gasteiger partial charge in [-0.05, 0) is 47.2 Å². The molecule has 3 rings (SSSR count). The highest BCUT2D eigenvalue weighted by Gasteiger charge is 2.12. The summed E-state index contributed by atoms with van der Waals surface area (Å²) in [5, 5.41) is 15.3. The van der Waals surface area contributed by atoms with Gasteiger partial charge in [-0.3, -0.25) is 0 Å². The molecule has 0 saturated heterocycles. The van der Waals surface area contributed by atoms with E-state index in [-0.39, 0.29) is 5.41 Å². The van der Waals surface area contributed by atoms with Gasteiger partial charge in [0.2, 0.25) is 5.95 Å². The molecule has 0 saturated carbocycles. The monoisotopic (exact) mass is 381 g/mol. The fraction of sp³-hybridized carbons (Fsp3) is 0.286. The summed E-state index contributed by atoms with van der Waals surface area (Å²) in [5.74, 6) is 1.15. The molecular weight excluding hydrogens is 358 g/mol. The molecule has 0 atom stereocenters. The Labute approximate surface area is 165 Å². The smallest absolute Gasteiger partial charge is 0.244 e. The van der Waals surface area contributed by atoms with Gasteiger partial charge in [0.05, 0.1) is 6.20 Å². The number of anilines is 3. The molecule has 0 amide bonds. The van der Waals surface area contributed by atoms with Crippen LogP contribution in [0.5, 0.6) is 0 Å². The summed E-state index contributed by atoms with van der Waals surface area (Å²) in [7, 11) is 0. The molecule has 0 aliphatic heterocycles. The maximum atomic E-state index is 6.01. The summed E-state index contributed by atoms with van der Waals surface area (Å²) in [6.45, 7) is 7.30. The Kier molecular flexibility index (Phi) is 5.91. The molecule has 140 valence electrons. The van der Waals surface area contributed by atoms with Crippen molar-refractivity contribution < 1.29 is 0 Å². The van der Waals surface area contributed by atoms with E-state index >= 15 is 0 Å². The van der Waals surface area contributed by atoms with Crippen molar-refractivity contribution in [1.82, 2.24) is 15.2 Å². The van der Waals surface area contributed by atoms with E-state index in [0.29, 0.717) is 18.3 Å². The minimum absolute atomic E-state index is 0.134. The van der Waals surface area contributed by atoms with Gasteiger partial charge in [0.1, 0.15) is 0 Å². The van der Waals surface area contributed by atoms with Gasteiger partial charge in [-0.1, -0.05) is 56.6 Å². The summed E-state index contributed by atoms with van der Waals surface area (Å²) in [6.07, 6.45) is 2.44. The Morgan fingerprint density at radius 3 is 2.52 bits per heavy atom. The summed E-state index contributed by atoms with van der Waals surface area (Å²) >= 11 is 6.01. The van der Waals surface area contributed by atoms with Crippen LogP contribution in [-0.4, -0.2) is 21.7 Å². The van der Waals surface area contributed by atoms with Crippen LogP contribution in [0, 0.1) is 0 Å². The number of nitrogens with zero attached hydrogens (tertiary/aromatic N) is 3. The first-order valence-corrected chi connectivity index (χ1v) is 9.33. The predicted molar refractivity (Wildman–Crippen MR) is 112 cm³/mol. The molecule has 0 radical (unpaired) electrons. The second-order valence-electron chi connectivity index (χ2n) is 7.42. The van der Waals surface area contributed by atoms with Crippen LogP contribution < -0.4 is 10.6 Å². The number of aromatic nitrogens is 3. The lowest BCUT2D eigenvalue weighted by atomic mass is 9.87. The average Bonchev–Trinajstić information content (AvgIpc) is 2.62. The highest BCUT2D eigenvalue weighted by Crippen LogP contribution is 2.24. The van der Waals surface area contributed by atoms with Crippen LogP contribution in [0.15, 0.2) is 54.7 Å². The van der Waals surface area contributed by atoms with Gasteiger partial charge < -0.3 is 10.6 Å². The van der Waals surface area contributed by atoms with Crippen molar-refractivity contribution in [3.63, 3.8) is 0 Å². The van der Waals surface area contributed by atoms with Gasteiger partial charge in [-0.15, -0.1) is 5.10 Å². The largest absolute Gasteiger partial charge is 0.353 e. The molecule has 5 nitrogen and oxygen atoms in total. The zero-order valence-corrected chi connectivity index (χ0v) is 16.6. The molecule has 6 heteroatoms. The van der Waals surface area contributed by atoms with E-state index in [4.69, 9.17) is 11.6 Å². The maximum absolute atomic E-state index is 6.01. The lowest BCUT2D eigenvalue weighted by Gasteiger charge is -2.19. The molecule has 3 aromatic rings. The van der Waals surface area contributed by atoms with Gasteiger partial charge in [0.15, 0.2) is 5.82 Å². The van der Waals surface area contributed by atoms with Crippen LogP contribution in [0.3, 0.4) is 0 Å². The van der Waals surface area contributed by atoms with E-state index in [0.717, 1.165) is 22.7 Å². The third-order valence-corrected chi connectivity index (χ3v) is 4.40. The second kappa shape index (κ2) is 8.35. The summed E-state index contributed by atoms with van der Waals surface area (Å²) in [6, 6.07) is 16.2. The van der Waals surface area contributed by atoms with Gasteiger partial charge in [0.25, 0.3) is 0 Å². The third-order valence-electron chi connectivity index (χ3n) is 4.17. The fourth-order valence-electron chi connectivity index (χ4n) is 2.65. The fourth-order valence-corrected chi connectivity index (χ4v) is 2.86. The van der Waals surface area contributed by atoms with E-state index in [9.17, 15) is 0 Å². The quantitative estimate of drug-likeness (QED) is 0.612. The van der Waals surface area contributed by atoms with Crippen molar-refractivity contribution in [2.75, 3.05) is 17.2 Å². The van der Waals surface area contributed by atoms with Crippen LogP contribution in [0.25, 0.3) is 0 Å². The molecule has 0 unspecified atom stereocenters. The molecule has 2 N–H and O–H groups in total. The third kappa shape index (κ3) is 5.66. The molecule has 0 bridgehead atoms. The lowest BCUT2D eigenvalue weighted by Crippen LogP contribution is -2.11. The van der Waals surface area contributed by atoms with Crippen molar-refractivity contribution in [3.05, 3.63) is 70.9 Å². The Bertz CT molecular complexity index is 888. The zero-order chi connectivity index (χ0) is 19.3. The molecule has 0 spiro atoms. The van der Waals surface area contributed by atoms with Crippen molar-refractivity contribution in [1.29, 1.82) is 0 Å². The number of rotatable bonds is 6.